The fourth-order valence-electron chi connectivity index (χ4n) is 4.09. The Balaban J connectivity index is 1.21. The maximum Gasteiger partial charge on any atom is 0.272 e. The highest BCUT2D eigenvalue weighted by Crippen LogP contribution is 2.38. The number of nitrogen functional groups attached to an aromatic ring is 1. The van der Waals surface area contributed by atoms with Gasteiger partial charge in [0.15, 0.2) is 0 Å². The van der Waals surface area contributed by atoms with Crippen molar-refractivity contribution in [1.82, 2.24) is 35.1 Å². The highest BCUT2D eigenvalue weighted by Gasteiger charge is 2.30. The molecule has 29 heavy (non-hydrogen) atoms. The molecule has 2 aliphatic heterocycles. The van der Waals surface area contributed by atoms with Crippen molar-refractivity contribution in [2.24, 2.45) is 0 Å². The number of anilines is 2. The van der Waals surface area contributed by atoms with E-state index in [1.807, 2.05) is 4.90 Å². The van der Waals surface area contributed by atoms with E-state index in [1.54, 1.807) is 6.20 Å². The van der Waals surface area contributed by atoms with Crippen LogP contribution in [0.25, 0.3) is 0 Å². The molecule has 0 aromatic carbocycles. The molecule has 2 saturated heterocycles. The lowest BCUT2D eigenvalue weighted by Gasteiger charge is -2.34. The lowest BCUT2D eigenvalue weighted by atomic mass is 9.98. The van der Waals surface area contributed by atoms with Gasteiger partial charge in [-0.3, -0.25) is 4.79 Å². The predicted octanol–water partition coefficient (Wildman–Crippen LogP) is 0.484. The number of imidazole rings is 1. The number of hydrogen-bond donors (Lipinski definition) is 3. The summed E-state index contributed by atoms with van der Waals surface area (Å²) in [4.78, 5) is 37.8. The highest BCUT2D eigenvalue weighted by atomic mass is 16.2. The first-order valence-corrected chi connectivity index (χ1v) is 10.5. The lowest BCUT2D eigenvalue weighted by molar-refractivity contribution is 0.0740. The van der Waals surface area contributed by atoms with Crippen LogP contribution in [0.15, 0.2) is 6.20 Å². The van der Waals surface area contributed by atoms with Gasteiger partial charge in [0, 0.05) is 38.0 Å². The maximum atomic E-state index is 12.9. The fourth-order valence-corrected chi connectivity index (χ4v) is 4.09. The minimum Gasteiger partial charge on any atom is -0.368 e. The topological polar surface area (TPSA) is 129 Å². The molecule has 10 heteroatoms. The van der Waals surface area contributed by atoms with Crippen molar-refractivity contribution in [2.75, 3.05) is 49.9 Å². The Morgan fingerprint density at radius 1 is 1.00 bits per heavy atom. The number of piperazine rings is 1. The zero-order valence-corrected chi connectivity index (χ0v) is 16.5. The minimum atomic E-state index is 0.00571. The molecule has 1 amide bonds. The number of carbonyl (C=O) groups excluding carboxylic acids is 1. The number of nitrogens with zero attached hydrogens (tertiary/aromatic N) is 6. The summed E-state index contributed by atoms with van der Waals surface area (Å²) in [5.41, 5.74) is 6.45. The molecule has 0 atom stereocenters. The van der Waals surface area contributed by atoms with E-state index in [0.29, 0.717) is 49.7 Å². The molecule has 1 saturated carbocycles. The molecule has 2 aromatic rings. The summed E-state index contributed by atoms with van der Waals surface area (Å²) in [6.07, 6.45) is 6.03. The molecule has 0 bridgehead atoms. The average molecular weight is 397 g/mol. The van der Waals surface area contributed by atoms with E-state index in [0.717, 1.165) is 50.4 Å². The molecular formula is C19H27N9O. The standard InChI is InChI=1S/C19H27N9O/c20-18-24-16(12-1-2-12)25-19(26-18)28-9-7-27(8-10-28)17(29)14-11-22-15(23-14)13-3-5-21-6-4-13/h11-13,21H,1-10H2,(H,22,23)(H2,20,24,25,26). The third kappa shape index (κ3) is 3.89. The third-order valence-electron chi connectivity index (χ3n) is 6.00. The summed E-state index contributed by atoms with van der Waals surface area (Å²) >= 11 is 0. The normalized spacial score (nSPS) is 20.8. The number of amides is 1. The number of nitrogens with one attached hydrogen (secondary N) is 2. The number of nitrogens with two attached hydrogens (primary N) is 1. The molecule has 5 rings (SSSR count). The van der Waals surface area contributed by atoms with Crippen LogP contribution in [0.4, 0.5) is 11.9 Å². The first kappa shape index (κ1) is 18.3. The molecular weight excluding hydrogens is 370 g/mol. The summed E-state index contributed by atoms with van der Waals surface area (Å²) < 4.78 is 0. The Bertz CT molecular complexity index is 880. The van der Waals surface area contributed by atoms with Gasteiger partial charge in [0.2, 0.25) is 11.9 Å². The number of hydrogen-bond acceptors (Lipinski definition) is 8. The van der Waals surface area contributed by atoms with Crippen molar-refractivity contribution in [3.8, 4) is 0 Å². The van der Waals surface area contributed by atoms with Crippen molar-refractivity contribution < 1.29 is 4.79 Å². The molecule has 0 radical (unpaired) electrons. The van der Waals surface area contributed by atoms with Crippen molar-refractivity contribution in [1.29, 1.82) is 0 Å². The van der Waals surface area contributed by atoms with E-state index in [-0.39, 0.29) is 11.9 Å². The minimum absolute atomic E-state index is 0.00571. The predicted molar refractivity (Wildman–Crippen MR) is 108 cm³/mol. The van der Waals surface area contributed by atoms with Gasteiger partial charge in [0.25, 0.3) is 5.91 Å². The van der Waals surface area contributed by atoms with Crippen LogP contribution in [0.2, 0.25) is 0 Å². The Morgan fingerprint density at radius 2 is 1.76 bits per heavy atom. The first-order chi connectivity index (χ1) is 14.2. The van der Waals surface area contributed by atoms with Crippen LogP contribution in [0.5, 0.6) is 0 Å². The molecule has 4 N–H and O–H groups in total. The third-order valence-corrected chi connectivity index (χ3v) is 6.00. The van der Waals surface area contributed by atoms with Gasteiger partial charge >= 0.3 is 0 Å². The summed E-state index contributed by atoms with van der Waals surface area (Å²) in [7, 11) is 0. The van der Waals surface area contributed by atoms with E-state index in [1.165, 1.54) is 0 Å². The lowest BCUT2D eigenvalue weighted by Crippen LogP contribution is -2.49. The Labute approximate surface area is 169 Å². The molecule has 2 aromatic heterocycles. The van der Waals surface area contributed by atoms with E-state index < -0.39 is 0 Å². The smallest absolute Gasteiger partial charge is 0.272 e. The van der Waals surface area contributed by atoms with Gasteiger partial charge in [-0.15, -0.1) is 0 Å². The molecule has 3 aliphatic rings. The molecule has 0 unspecified atom stereocenters. The molecule has 10 nitrogen and oxygen atoms in total. The second-order valence-corrected chi connectivity index (χ2v) is 8.11. The van der Waals surface area contributed by atoms with Gasteiger partial charge in [0.05, 0.1) is 6.20 Å². The average Bonchev–Trinajstić information content (AvgIpc) is 3.50. The fraction of sp³-hybridized carbons (Fsp3) is 0.632. The van der Waals surface area contributed by atoms with E-state index >= 15 is 0 Å². The van der Waals surface area contributed by atoms with Gasteiger partial charge in [-0.1, -0.05) is 0 Å². The van der Waals surface area contributed by atoms with Gasteiger partial charge in [-0.05, 0) is 38.8 Å². The van der Waals surface area contributed by atoms with Crippen LogP contribution in [0.3, 0.4) is 0 Å². The van der Waals surface area contributed by atoms with Gasteiger partial charge < -0.3 is 25.8 Å². The first-order valence-electron chi connectivity index (χ1n) is 10.5. The number of H-pyrrole nitrogens is 1. The Hall–Kier alpha value is -2.75. The second-order valence-electron chi connectivity index (χ2n) is 8.11. The van der Waals surface area contributed by atoms with Crippen molar-refractivity contribution >= 4 is 17.8 Å². The maximum absolute atomic E-state index is 12.9. The number of aromatic nitrogens is 5. The number of rotatable bonds is 4. The molecule has 4 heterocycles. The van der Waals surface area contributed by atoms with Crippen molar-refractivity contribution in [2.45, 2.75) is 37.5 Å². The summed E-state index contributed by atoms with van der Waals surface area (Å²) in [6, 6.07) is 0. The number of carbonyl (C=O) groups is 1. The van der Waals surface area contributed by atoms with Crippen LogP contribution in [-0.2, 0) is 0 Å². The second kappa shape index (κ2) is 7.58. The summed E-state index contributed by atoms with van der Waals surface area (Å²) in [5, 5.41) is 3.36. The van der Waals surface area contributed by atoms with Crippen LogP contribution >= 0.6 is 0 Å². The molecule has 154 valence electrons. The van der Waals surface area contributed by atoms with Gasteiger partial charge in [-0.2, -0.15) is 15.0 Å². The largest absolute Gasteiger partial charge is 0.368 e. The monoisotopic (exact) mass is 397 g/mol. The van der Waals surface area contributed by atoms with Crippen LogP contribution in [0, 0.1) is 0 Å². The Kier molecular flexibility index (Phi) is 4.78. The summed E-state index contributed by atoms with van der Waals surface area (Å²) in [6.45, 7) is 4.58. The number of piperidine rings is 1. The zero-order chi connectivity index (χ0) is 19.8. The Morgan fingerprint density at radius 3 is 2.48 bits per heavy atom. The quantitative estimate of drug-likeness (QED) is 0.680. The van der Waals surface area contributed by atoms with Crippen LogP contribution < -0.4 is 16.0 Å². The van der Waals surface area contributed by atoms with Crippen molar-refractivity contribution in [3.05, 3.63) is 23.5 Å². The molecule has 3 fully saturated rings. The van der Waals surface area contributed by atoms with Crippen LogP contribution in [0.1, 0.15) is 59.7 Å². The zero-order valence-electron chi connectivity index (χ0n) is 16.5. The van der Waals surface area contributed by atoms with E-state index in [9.17, 15) is 4.79 Å². The highest BCUT2D eigenvalue weighted by molar-refractivity contribution is 5.92. The van der Waals surface area contributed by atoms with Gasteiger partial charge in [-0.25, -0.2) is 4.98 Å². The van der Waals surface area contributed by atoms with E-state index in [4.69, 9.17) is 5.73 Å². The molecule has 1 aliphatic carbocycles. The molecule has 0 spiro atoms. The SMILES string of the molecule is Nc1nc(C2CC2)nc(N2CCN(C(=O)c3cnc(C4CCNCC4)[nH]3)CC2)n1. The number of aromatic amines is 1. The van der Waals surface area contributed by atoms with E-state index in [2.05, 4.69) is 35.1 Å². The van der Waals surface area contributed by atoms with Crippen molar-refractivity contribution in [3.63, 3.8) is 0 Å². The van der Waals surface area contributed by atoms with Gasteiger partial charge in [0.1, 0.15) is 17.3 Å². The van der Waals surface area contributed by atoms with Crippen LogP contribution in [-0.4, -0.2) is 75.0 Å². The summed E-state index contributed by atoms with van der Waals surface area (Å²) in [5.74, 6) is 3.47.